The summed E-state index contributed by atoms with van der Waals surface area (Å²) in [6, 6.07) is 4.80. The van der Waals surface area contributed by atoms with Gasteiger partial charge >= 0.3 is 12.6 Å². The molecule has 1 aromatic rings. The lowest BCUT2D eigenvalue weighted by Gasteiger charge is -2.36. The Hall–Kier alpha value is -2.84. The van der Waals surface area contributed by atoms with E-state index in [1.807, 2.05) is 0 Å². The number of nitrogens with one attached hydrogen (secondary N) is 1. The van der Waals surface area contributed by atoms with E-state index >= 15 is 0 Å². The molecule has 156 valence electrons. The molecule has 0 unspecified atom stereocenters. The van der Waals surface area contributed by atoms with Crippen molar-refractivity contribution < 1.29 is 37.4 Å². The average Bonchev–Trinajstić information content (AvgIpc) is 2.66. The van der Waals surface area contributed by atoms with Crippen molar-refractivity contribution in [2.75, 3.05) is 6.61 Å². The number of alkyl halides is 2. The Labute approximate surface area is 165 Å². The number of ketones is 1. The number of carbonyl (C=O) groups is 4. The van der Waals surface area contributed by atoms with E-state index in [1.165, 1.54) is 24.3 Å². The van der Waals surface area contributed by atoms with Gasteiger partial charge in [-0.3, -0.25) is 24.5 Å². The van der Waals surface area contributed by atoms with Crippen LogP contribution in [0, 0.1) is 17.8 Å². The quantitative estimate of drug-likeness (QED) is 0.725. The molecule has 0 saturated heterocycles. The topological polar surface area (TPSA) is 98.8 Å². The molecule has 3 rings (SSSR count). The number of benzene rings is 1. The van der Waals surface area contributed by atoms with E-state index in [0.717, 1.165) is 19.3 Å². The van der Waals surface area contributed by atoms with Gasteiger partial charge in [-0.1, -0.05) is 6.42 Å². The van der Waals surface area contributed by atoms with Crippen molar-refractivity contribution in [3.8, 4) is 5.75 Å². The molecule has 2 aliphatic carbocycles. The van der Waals surface area contributed by atoms with E-state index in [0.29, 0.717) is 12.8 Å². The van der Waals surface area contributed by atoms with E-state index < -0.39 is 36.9 Å². The van der Waals surface area contributed by atoms with Crippen LogP contribution in [0.3, 0.4) is 0 Å². The monoisotopic (exact) mass is 409 g/mol. The number of hydrogen-bond donors (Lipinski definition) is 1. The van der Waals surface area contributed by atoms with Gasteiger partial charge in [-0.05, 0) is 49.9 Å². The third-order valence-electron chi connectivity index (χ3n) is 5.32. The van der Waals surface area contributed by atoms with E-state index in [1.54, 1.807) is 0 Å². The first kappa shape index (κ1) is 20.9. The maximum atomic E-state index is 12.2. The van der Waals surface area contributed by atoms with Crippen LogP contribution in [-0.2, 0) is 19.1 Å². The van der Waals surface area contributed by atoms with Crippen LogP contribution in [0.2, 0.25) is 0 Å². The average molecular weight is 409 g/mol. The van der Waals surface area contributed by atoms with Crippen LogP contribution in [0.4, 0.5) is 8.78 Å². The number of Topliss-reactive ketones (excluding diaryl/α,β-unsaturated/α-hetero) is 1. The summed E-state index contributed by atoms with van der Waals surface area (Å²) in [7, 11) is 0. The number of ether oxygens (including phenoxy) is 2. The molecule has 9 heteroatoms. The lowest BCUT2D eigenvalue weighted by atomic mass is 9.67. The second kappa shape index (κ2) is 9.11. The van der Waals surface area contributed by atoms with Crippen molar-refractivity contribution in [2.24, 2.45) is 17.8 Å². The maximum Gasteiger partial charge on any atom is 0.387 e. The number of imide groups is 1. The summed E-state index contributed by atoms with van der Waals surface area (Å²) in [5.74, 6) is -2.60. The number of amides is 2. The zero-order valence-electron chi connectivity index (χ0n) is 15.6. The molecule has 0 aromatic heterocycles. The third-order valence-corrected chi connectivity index (χ3v) is 5.32. The zero-order chi connectivity index (χ0) is 21.0. The van der Waals surface area contributed by atoms with Crippen LogP contribution >= 0.6 is 0 Å². The first-order chi connectivity index (χ1) is 13.8. The summed E-state index contributed by atoms with van der Waals surface area (Å²) in [4.78, 5) is 48.2. The van der Waals surface area contributed by atoms with Gasteiger partial charge in [-0.15, -0.1) is 0 Å². The number of fused-ring (bicyclic) bond motifs is 2. The van der Waals surface area contributed by atoms with Crippen molar-refractivity contribution in [1.82, 2.24) is 5.32 Å². The predicted octanol–water partition coefficient (Wildman–Crippen LogP) is 2.48. The maximum absolute atomic E-state index is 12.2. The van der Waals surface area contributed by atoms with Crippen molar-refractivity contribution in [3.05, 3.63) is 29.8 Å². The predicted molar refractivity (Wildman–Crippen MR) is 95.1 cm³/mol. The third kappa shape index (κ3) is 5.36. The van der Waals surface area contributed by atoms with Crippen LogP contribution in [0.5, 0.6) is 5.75 Å². The molecular weight excluding hydrogens is 388 g/mol. The Morgan fingerprint density at radius 3 is 2.28 bits per heavy atom. The van der Waals surface area contributed by atoms with Gasteiger partial charge < -0.3 is 9.47 Å². The van der Waals surface area contributed by atoms with Crippen LogP contribution in [0.25, 0.3) is 0 Å². The molecule has 2 amide bonds. The van der Waals surface area contributed by atoms with Gasteiger partial charge in [-0.25, -0.2) is 0 Å². The van der Waals surface area contributed by atoms with E-state index in [-0.39, 0.29) is 28.9 Å². The zero-order valence-corrected chi connectivity index (χ0v) is 15.6. The fourth-order valence-electron chi connectivity index (χ4n) is 3.95. The molecular formula is C20H21F2NO6. The fraction of sp³-hybridized carbons (Fsp3) is 0.500. The normalized spacial score (nSPS) is 23.4. The largest absolute Gasteiger partial charge is 0.455 e. The van der Waals surface area contributed by atoms with Crippen LogP contribution in [0.1, 0.15) is 42.5 Å². The second-order valence-corrected chi connectivity index (χ2v) is 7.28. The molecule has 1 aromatic carbocycles. The van der Waals surface area contributed by atoms with Gasteiger partial charge in [0.05, 0.1) is 5.92 Å². The van der Waals surface area contributed by atoms with Crippen LogP contribution < -0.4 is 10.1 Å². The minimum Gasteiger partial charge on any atom is -0.455 e. The number of halogens is 2. The molecule has 2 aliphatic rings. The number of esters is 1. The highest BCUT2D eigenvalue weighted by Crippen LogP contribution is 2.40. The first-order valence-corrected chi connectivity index (χ1v) is 9.43. The van der Waals surface area contributed by atoms with Gasteiger partial charge in [0.2, 0.25) is 0 Å². The second-order valence-electron chi connectivity index (χ2n) is 7.28. The molecule has 2 saturated carbocycles. The molecule has 29 heavy (non-hydrogen) atoms. The van der Waals surface area contributed by atoms with E-state index in [9.17, 15) is 28.0 Å². The number of rotatable bonds is 6. The highest BCUT2D eigenvalue weighted by molar-refractivity contribution is 6.05. The fourth-order valence-corrected chi connectivity index (χ4v) is 3.95. The summed E-state index contributed by atoms with van der Waals surface area (Å²) in [5.41, 5.74) is 0.0601. The van der Waals surface area contributed by atoms with Gasteiger partial charge in [0, 0.05) is 17.4 Å². The standard InChI is InChI=1S/C20H21F2NO6/c21-20(22)29-15-6-4-11(5-7-15)18(26)23-16(24)10-28-19(27)14-8-12-2-1-3-13(9-14)17(12)25/h4-7,12-14,20H,1-3,8-10H2,(H,23,24,26)/t12-,13-/m0/s1. The highest BCUT2D eigenvalue weighted by Gasteiger charge is 2.41. The van der Waals surface area contributed by atoms with E-state index in [2.05, 4.69) is 10.1 Å². The van der Waals surface area contributed by atoms with Crippen molar-refractivity contribution in [1.29, 1.82) is 0 Å². The molecule has 0 radical (unpaired) electrons. The molecule has 2 atom stereocenters. The Morgan fingerprint density at radius 1 is 1.07 bits per heavy atom. The molecule has 0 aliphatic heterocycles. The summed E-state index contributed by atoms with van der Waals surface area (Å²) in [5, 5.41) is 2.06. The van der Waals surface area contributed by atoms with Gasteiger partial charge in [-0.2, -0.15) is 8.78 Å². The molecule has 1 N–H and O–H groups in total. The number of carbonyl (C=O) groups excluding carboxylic acids is 4. The molecule has 7 nitrogen and oxygen atoms in total. The van der Waals surface area contributed by atoms with Crippen molar-refractivity contribution >= 4 is 23.6 Å². The number of hydrogen-bond acceptors (Lipinski definition) is 6. The Morgan fingerprint density at radius 2 is 1.69 bits per heavy atom. The SMILES string of the molecule is O=C(COC(=O)C1C[C@@H]2CCC[C@@H](C1)C2=O)NC(=O)c1ccc(OC(F)F)cc1. The molecule has 2 fully saturated rings. The smallest absolute Gasteiger partial charge is 0.387 e. The molecule has 0 heterocycles. The highest BCUT2D eigenvalue weighted by atomic mass is 19.3. The lowest BCUT2D eigenvalue weighted by molar-refractivity contribution is -0.156. The van der Waals surface area contributed by atoms with Crippen LogP contribution in [0.15, 0.2) is 24.3 Å². The van der Waals surface area contributed by atoms with Gasteiger partial charge in [0.25, 0.3) is 11.8 Å². The lowest BCUT2D eigenvalue weighted by Crippen LogP contribution is -2.40. The Kier molecular flexibility index (Phi) is 6.56. The minimum atomic E-state index is -2.98. The van der Waals surface area contributed by atoms with Crippen molar-refractivity contribution in [3.63, 3.8) is 0 Å². The van der Waals surface area contributed by atoms with E-state index in [4.69, 9.17) is 4.74 Å². The van der Waals surface area contributed by atoms with Gasteiger partial charge in [0.15, 0.2) is 6.61 Å². The minimum absolute atomic E-state index is 0.0601. The summed E-state index contributed by atoms with van der Waals surface area (Å²) in [6.07, 6.45) is 3.45. The summed E-state index contributed by atoms with van der Waals surface area (Å²) >= 11 is 0. The molecule has 0 spiro atoms. The molecule has 2 bridgehead atoms. The summed E-state index contributed by atoms with van der Waals surface area (Å²) < 4.78 is 33.4. The first-order valence-electron chi connectivity index (χ1n) is 9.43. The van der Waals surface area contributed by atoms with Crippen molar-refractivity contribution in [2.45, 2.75) is 38.7 Å². The summed E-state index contributed by atoms with van der Waals surface area (Å²) in [6.45, 7) is -3.59. The van der Waals surface area contributed by atoms with Crippen LogP contribution in [-0.4, -0.2) is 36.8 Å². The van der Waals surface area contributed by atoms with Gasteiger partial charge in [0.1, 0.15) is 11.5 Å². The Balaban J connectivity index is 1.45. The Bertz CT molecular complexity index is 779.